The summed E-state index contributed by atoms with van der Waals surface area (Å²) in [5.41, 5.74) is 1.21. The van der Waals surface area contributed by atoms with Crippen LogP contribution in [0.25, 0.3) is 0 Å². The van der Waals surface area contributed by atoms with Crippen molar-refractivity contribution in [3.63, 3.8) is 0 Å². The van der Waals surface area contributed by atoms with Crippen LogP contribution in [0.4, 0.5) is 38.0 Å². The molecule has 2 aromatic rings. The summed E-state index contributed by atoms with van der Waals surface area (Å²) < 4.78 is 84.0. The third-order valence-electron chi connectivity index (χ3n) is 6.87. The van der Waals surface area contributed by atoms with E-state index in [0.717, 1.165) is 6.20 Å². The summed E-state index contributed by atoms with van der Waals surface area (Å²) in [5, 5.41) is 7.66. The fourth-order valence-electron chi connectivity index (χ4n) is 4.92. The first-order valence-electron chi connectivity index (χ1n) is 12.4. The number of H-pyrrole nitrogens is 1. The number of likely N-dealkylation sites (tertiary alicyclic amines) is 1. The molecule has 2 saturated heterocycles. The molecule has 0 bridgehead atoms. The van der Waals surface area contributed by atoms with Crippen molar-refractivity contribution < 1.29 is 40.7 Å². The minimum absolute atomic E-state index is 0.0116. The van der Waals surface area contributed by atoms with E-state index in [0.29, 0.717) is 12.4 Å². The number of alkyl halides is 6. The van der Waals surface area contributed by atoms with Gasteiger partial charge in [0.15, 0.2) is 0 Å². The zero-order valence-electron chi connectivity index (χ0n) is 21.5. The minimum atomic E-state index is -4.92. The van der Waals surface area contributed by atoms with Gasteiger partial charge in [0.1, 0.15) is 11.7 Å². The summed E-state index contributed by atoms with van der Waals surface area (Å²) in [6.45, 7) is 1.76. The van der Waals surface area contributed by atoms with Crippen LogP contribution in [0.5, 0.6) is 0 Å². The van der Waals surface area contributed by atoms with Crippen molar-refractivity contribution in [3.8, 4) is 0 Å². The number of piperidine rings is 1. The largest absolute Gasteiger partial charge is 0.423 e. The lowest BCUT2D eigenvalue weighted by Crippen LogP contribution is -2.56. The highest BCUT2D eigenvalue weighted by molar-refractivity contribution is 5.85. The SMILES string of the molecule is C[C@@H](CO[C@@H]1CCN(C2CCN(c3ncc(C(F)(F)F)cn3)CC2C(N)=O)C1=O)Nc1cn[nH]c(=O)c1C(F)(F)F. The van der Waals surface area contributed by atoms with E-state index < -0.39 is 70.6 Å². The van der Waals surface area contributed by atoms with Crippen LogP contribution in [-0.2, 0) is 26.7 Å². The second-order valence-electron chi connectivity index (χ2n) is 9.75. The average molecular weight is 593 g/mol. The number of halogens is 6. The Labute approximate surface area is 228 Å². The Kier molecular flexibility index (Phi) is 8.41. The molecule has 224 valence electrons. The van der Waals surface area contributed by atoms with Gasteiger partial charge in [-0.05, 0) is 13.3 Å². The molecule has 4 atom stereocenters. The van der Waals surface area contributed by atoms with Gasteiger partial charge in [0.05, 0.1) is 30.0 Å². The van der Waals surface area contributed by atoms with Crippen molar-refractivity contribution in [1.82, 2.24) is 25.1 Å². The summed E-state index contributed by atoms with van der Waals surface area (Å²) in [6.07, 6.45) is -7.83. The molecule has 2 unspecified atom stereocenters. The first kappa shape index (κ1) is 30.0. The van der Waals surface area contributed by atoms with Crippen LogP contribution in [0, 0.1) is 5.92 Å². The topological polar surface area (TPSA) is 159 Å². The predicted molar refractivity (Wildman–Crippen MR) is 129 cm³/mol. The smallest absolute Gasteiger partial charge is 0.378 e. The van der Waals surface area contributed by atoms with Crippen LogP contribution in [0.15, 0.2) is 23.4 Å². The Hall–Kier alpha value is -3.96. The van der Waals surface area contributed by atoms with Gasteiger partial charge in [-0.15, -0.1) is 0 Å². The maximum atomic E-state index is 13.3. The van der Waals surface area contributed by atoms with E-state index in [9.17, 15) is 40.7 Å². The molecule has 0 aliphatic carbocycles. The molecule has 2 amide bonds. The normalized spacial score (nSPS) is 22.6. The van der Waals surface area contributed by atoms with E-state index in [-0.39, 0.29) is 45.0 Å². The standard InChI is InChI=1S/C23H26F6N8O4/c1-11(34-14-8-33-35-19(39)17(14)23(27,28)29)10-41-16-3-5-37(20(16)40)15-2-4-36(9-13(15)18(30)38)21-31-6-12(7-32-21)22(24,25)26/h6-8,11,13,15-16H,2-5,9-10H2,1H3,(H2,30,38)(H2,34,35,39)/t11-,13?,15?,16+/m0/s1. The summed E-state index contributed by atoms with van der Waals surface area (Å²) in [5.74, 6) is -2.03. The van der Waals surface area contributed by atoms with Crippen molar-refractivity contribution in [2.24, 2.45) is 11.7 Å². The van der Waals surface area contributed by atoms with Gasteiger partial charge in [0.25, 0.3) is 11.5 Å². The number of anilines is 2. The molecule has 4 N–H and O–H groups in total. The molecule has 2 aliphatic rings. The Bertz CT molecular complexity index is 1320. The Morgan fingerprint density at radius 3 is 2.41 bits per heavy atom. The van der Waals surface area contributed by atoms with Crippen molar-refractivity contribution in [1.29, 1.82) is 0 Å². The van der Waals surface area contributed by atoms with Crippen LogP contribution in [-0.4, -0.2) is 81.3 Å². The highest BCUT2D eigenvalue weighted by Gasteiger charge is 2.44. The highest BCUT2D eigenvalue weighted by Crippen LogP contribution is 2.33. The van der Waals surface area contributed by atoms with Crippen molar-refractivity contribution >= 4 is 23.5 Å². The number of amides is 2. The van der Waals surface area contributed by atoms with Crippen molar-refractivity contribution in [3.05, 3.63) is 40.1 Å². The summed E-state index contributed by atoms with van der Waals surface area (Å²) in [4.78, 5) is 47.6. The summed E-state index contributed by atoms with van der Waals surface area (Å²) in [6, 6.07) is -1.35. The third kappa shape index (κ3) is 6.68. The number of hydrogen-bond acceptors (Lipinski definition) is 9. The number of ether oxygens (including phenoxy) is 1. The number of nitrogens with zero attached hydrogens (tertiary/aromatic N) is 5. The first-order valence-corrected chi connectivity index (χ1v) is 12.4. The lowest BCUT2D eigenvalue weighted by atomic mass is 9.90. The molecule has 41 heavy (non-hydrogen) atoms. The average Bonchev–Trinajstić information content (AvgIpc) is 3.25. The summed E-state index contributed by atoms with van der Waals surface area (Å²) in [7, 11) is 0. The number of nitrogens with one attached hydrogen (secondary N) is 2. The van der Waals surface area contributed by atoms with Crippen LogP contribution >= 0.6 is 0 Å². The molecule has 12 nitrogen and oxygen atoms in total. The molecular formula is C23H26F6N8O4. The predicted octanol–water partition coefficient (Wildman–Crippen LogP) is 1.40. The maximum Gasteiger partial charge on any atom is 0.423 e. The number of aromatic nitrogens is 4. The van der Waals surface area contributed by atoms with Crippen LogP contribution in [0.3, 0.4) is 0 Å². The molecule has 2 fully saturated rings. The summed E-state index contributed by atoms with van der Waals surface area (Å²) >= 11 is 0. The van der Waals surface area contributed by atoms with Crippen molar-refractivity contribution in [2.45, 2.75) is 50.3 Å². The van der Waals surface area contributed by atoms with E-state index in [1.165, 1.54) is 16.7 Å². The fourth-order valence-corrected chi connectivity index (χ4v) is 4.92. The molecule has 2 aromatic heterocycles. The second kappa shape index (κ2) is 11.5. The number of nitrogens with two attached hydrogens (primary N) is 1. The maximum absolute atomic E-state index is 13.3. The third-order valence-corrected chi connectivity index (χ3v) is 6.87. The lowest BCUT2D eigenvalue weighted by molar-refractivity contribution is -0.141. The lowest BCUT2D eigenvalue weighted by Gasteiger charge is -2.41. The number of carbonyl (C=O) groups is 2. The van der Waals surface area contributed by atoms with Crippen LogP contribution < -0.4 is 21.5 Å². The van der Waals surface area contributed by atoms with E-state index in [1.807, 2.05) is 0 Å². The number of primary amides is 1. The first-order chi connectivity index (χ1) is 19.2. The van der Waals surface area contributed by atoms with Crippen molar-refractivity contribution in [2.75, 3.05) is 36.5 Å². The molecule has 0 spiro atoms. The van der Waals surface area contributed by atoms with Gasteiger partial charge in [-0.1, -0.05) is 0 Å². The molecule has 0 saturated carbocycles. The minimum Gasteiger partial charge on any atom is -0.378 e. The number of carbonyl (C=O) groups excluding carboxylic acids is 2. The molecular weight excluding hydrogens is 566 g/mol. The van der Waals surface area contributed by atoms with Crippen LogP contribution in [0.2, 0.25) is 0 Å². The number of aromatic amines is 1. The molecule has 4 rings (SSSR count). The Balaban J connectivity index is 1.36. The highest BCUT2D eigenvalue weighted by atomic mass is 19.4. The van der Waals surface area contributed by atoms with E-state index in [1.54, 1.807) is 5.10 Å². The molecule has 18 heteroatoms. The van der Waals surface area contributed by atoms with E-state index in [4.69, 9.17) is 10.5 Å². The molecule has 2 aliphatic heterocycles. The number of hydrogen-bond donors (Lipinski definition) is 3. The molecule has 4 heterocycles. The quantitative estimate of drug-likeness (QED) is 0.385. The molecule has 0 radical (unpaired) electrons. The van der Waals surface area contributed by atoms with Gasteiger partial charge in [-0.25, -0.2) is 15.1 Å². The van der Waals surface area contributed by atoms with Gasteiger partial charge in [0.2, 0.25) is 11.9 Å². The fraction of sp³-hybridized carbons (Fsp3) is 0.565. The zero-order valence-corrected chi connectivity index (χ0v) is 21.5. The Morgan fingerprint density at radius 2 is 1.80 bits per heavy atom. The van der Waals surface area contributed by atoms with E-state index >= 15 is 0 Å². The molecule has 0 aromatic carbocycles. The van der Waals surface area contributed by atoms with Crippen LogP contribution in [0.1, 0.15) is 30.9 Å². The van der Waals surface area contributed by atoms with Gasteiger partial charge in [0, 0.05) is 50.5 Å². The van der Waals surface area contributed by atoms with Gasteiger partial charge >= 0.3 is 12.4 Å². The van der Waals surface area contributed by atoms with Gasteiger partial charge in [-0.3, -0.25) is 14.4 Å². The monoisotopic (exact) mass is 592 g/mol. The van der Waals surface area contributed by atoms with Gasteiger partial charge in [-0.2, -0.15) is 31.4 Å². The number of rotatable bonds is 8. The van der Waals surface area contributed by atoms with E-state index in [2.05, 4.69) is 20.4 Å². The zero-order chi connectivity index (χ0) is 30.1. The Morgan fingerprint density at radius 1 is 1.12 bits per heavy atom. The van der Waals surface area contributed by atoms with Gasteiger partial charge < -0.3 is 25.6 Å². The second-order valence-corrected chi connectivity index (χ2v) is 9.75.